The van der Waals surface area contributed by atoms with Crippen molar-refractivity contribution < 1.29 is 48.5 Å². The lowest BCUT2D eigenvalue weighted by molar-refractivity contribution is -0.140. The first-order valence-corrected chi connectivity index (χ1v) is 13.8. The fraction of sp³-hybridized carbons (Fsp3) is 0.400. The Bertz CT molecular complexity index is 1280. The summed E-state index contributed by atoms with van der Waals surface area (Å²) in [6, 6.07) is 3.07. The molecule has 0 saturated carbocycles. The van der Waals surface area contributed by atoms with Crippen LogP contribution in [0.25, 0.3) is 5.83 Å². The molecule has 40 heavy (non-hydrogen) atoms. The van der Waals surface area contributed by atoms with E-state index in [1.165, 1.54) is 6.92 Å². The molecule has 0 aliphatic heterocycles. The molecule has 0 saturated heterocycles. The minimum atomic E-state index is -5.21. The lowest BCUT2D eigenvalue weighted by atomic mass is 9.93. The summed E-state index contributed by atoms with van der Waals surface area (Å²) in [6.45, 7) is 1.88. The molecular weight excluding hydrogens is 642 g/mol. The average Bonchev–Trinajstić information content (AvgIpc) is 2.77. The molecule has 2 aromatic carbocycles. The highest BCUT2D eigenvalue weighted by molar-refractivity contribution is 7.85. The van der Waals surface area contributed by atoms with E-state index in [0.29, 0.717) is 19.1 Å². The SMILES string of the molecule is C[C@@H](CC(=O)c1ccc(/C(F)=C/C(c2cc(Cl)c(Cl)c(Cl)c2)C(F)(F)F)cc1C(F)(F)F)CS(=O)CC(C)(F)F. The molecule has 2 aromatic rings. The van der Waals surface area contributed by atoms with Crippen molar-refractivity contribution in [2.45, 2.75) is 44.5 Å². The van der Waals surface area contributed by atoms with Gasteiger partial charge < -0.3 is 0 Å². The van der Waals surface area contributed by atoms with E-state index in [2.05, 4.69) is 0 Å². The topological polar surface area (TPSA) is 34.1 Å². The minimum Gasteiger partial charge on any atom is -0.294 e. The van der Waals surface area contributed by atoms with Gasteiger partial charge >= 0.3 is 12.4 Å². The van der Waals surface area contributed by atoms with Crippen molar-refractivity contribution in [2.24, 2.45) is 5.92 Å². The van der Waals surface area contributed by atoms with Crippen molar-refractivity contribution in [3.63, 3.8) is 0 Å². The predicted octanol–water partition coefficient (Wildman–Crippen LogP) is 9.93. The molecule has 0 N–H and O–H groups in total. The number of Topliss-reactive ketones (excluding diaryl/α,β-unsaturated/α-hetero) is 1. The van der Waals surface area contributed by atoms with Crippen LogP contribution in [0.4, 0.5) is 39.5 Å². The second-order valence-corrected chi connectivity index (χ2v) is 11.8. The predicted molar refractivity (Wildman–Crippen MR) is 137 cm³/mol. The summed E-state index contributed by atoms with van der Waals surface area (Å²) in [5, 5.41) is -0.983. The van der Waals surface area contributed by atoms with Gasteiger partial charge in [-0.2, -0.15) is 26.3 Å². The standard InChI is InChI=1S/C25H20Cl3F9O2S/c1-12(10-40(39)11-23(2,30)31)5-21(38)15-4-3-13(6-17(15)25(35,36)37)20(29)9-16(24(32,33)34)14-7-18(26)22(28)19(27)8-14/h3-4,6-9,12,16H,5,10-11H2,1-2H3/b20-9-/t12-,16?,40?/m0/s1. The van der Waals surface area contributed by atoms with Gasteiger partial charge in [0.2, 0.25) is 0 Å². The van der Waals surface area contributed by atoms with E-state index in [0.717, 1.165) is 12.1 Å². The van der Waals surface area contributed by atoms with Crippen molar-refractivity contribution >= 4 is 57.2 Å². The third kappa shape index (κ3) is 9.66. The number of hydrogen-bond donors (Lipinski definition) is 0. The van der Waals surface area contributed by atoms with Crippen molar-refractivity contribution in [1.29, 1.82) is 0 Å². The number of allylic oxidation sites excluding steroid dienone is 1. The van der Waals surface area contributed by atoms with E-state index in [1.54, 1.807) is 0 Å². The van der Waals surface area contributed by atoms with Gasteiger partial charge in [0.1, 0.15) is 11.7 Å². The Balaban J connectivity index is 2.44. The van der Waals surface area contributed by atoms with Gasteiger partial charge in [-0.3, -0.25) is 9.00 Å². The van der Waals surface area contributed by atoms with Crippen molar-refractivity contribution in [1.82, 2.24) is 0 Å². The molecule has 2 nitrogen and oxygen atoms in total. The van der Waals surface area contributed by atoms with E-state index in [1.807, 2.05) is 0 Å². The molecule has 0 aromatic heterocycles. The smallest absolute Gasteiger partial charge is 0.294 e. The summed E-state index contributed by atoms with van der Waals surface area (Å²) >= 11 is 17.3. The summed E-state index contributed by atoms with van der Waals surface area (Å²) < 4.78 is 136. The molecule has 0 radical (unpaired) electrons. The third-order valence-electron chi connectivity index (χ3n) is 5.35. The number of carbonyl (C=O) groups excluding carboxylic acids is 1. The van der Waals surface area contributed by atoms with Gasteiger partial charge in [-0.1, -0.05) is 53.9 Å². The maximum Gasteiger partial charge on any atom is 0.417 e. The number of carbonyl (C=O) groups is 1. The highest BCUT2D eigenvalue weighted by Gasteiger charge is 2.41. The molecule has 0 fully saturated rings. The zero-order valence-corrected chi connectivity index (χ0v) is 23.6. The first kappa shape index (κ1) is 34.4. The molecular formula is C25H20Cl3F9O2S. The van der Waals surface area contributed by atoms with Gasteiger partial charge in [0.15, 0.2) is 5.78 Å². The highest BCUT2D eigenvalue weighted by Crippen LogP contribution is 2.43. The summed E-state index contributed by atoms with van der Waals surface area (Å²) in [4.78, 5) is 12.6. The van der Waals surface area contributed by atoms with Gasteiger partial charge in [-0.25, -0.2) is 13.2 Å². The van der Waals surface area contributed by atoms with Gasteiger partial charge in [-0.15, -0.1) is 0 Å². The lowest BCUT2D eigenvalue weighted by Crippen LogP contribution is -2.24. The summed E-state index contributed by atoms with van der Waals surface area (Å²) in [7, 11) is -2.06. The second kappa shape index (κ2) is 13.0. The quantitative estimate of drug-likeness (QED) is 0.144. The molecule has 0 amide bonds. The van der Waals surface area contributed by atoms with Crippen LogP contribution in [-0.4, -0.2) is 33.6 Å². The third-order valence-corrected chi connectivity index (χ3v) is 8.32. The molecule has 3 atom stereocenters. The number of hydrogen-bond acceptors (Lipinski definition) is 2. The van der Waals surface area contributed by atoms with E-state index in [-0.39, 0.29) is 33.0 Å². The Morgan fingerprint density at radius 2 is 1.52 bits per heavy atom. The molecule has 222 valence electrons. The van der Waals surface area contributed by atoms with Crippen LogP contribution in [0.2, 0.25) is 15.1 Å². The number of halogens is 12. The van der Waals surface area contributed by atoms with Crippen molar-refractivity contribution in [3.8, 4) is 0 Å². The van der Waals surface area contributed by atoms with Crippen LogP contribution >= 0.6 is 34.8 Å². The van der Waals surface area contributed by atoms with Crippen LogP contribution in [0.5, 0.6) is 0 Å². The highest BCUT2D eigenvalue weighted by atomic mass is 35.5. The maximum absolute atomic E-state index is 15.0. The average molecular weight is 662 g/mol. The van der Waals surface area contributed by atoms with E-state index >= 15 is 0 Å². The Labute approximate surface area is 240 Å². The number of rotatable bonds is 10. The van der Waals surface area contributed by atoms with Crippen molar-refractivity contribution in [3.05, 3.63) is 73.7 Å². The molecule has 0 aliphatic carbocycles. The van der Waals surface area contributed by atoms with Gasteiger partial charge in [0, 0.05) is 41.0 Å². The van der Waals surface area contributed by atoms with Crippen LogP contribution in [0, 0.1) is 5.92 Å². The van der Waals surface area contributed by atoms with Crippen LogP contribution < -0.4 is 0 Å². The number of ketones is 1. The Hall–Kier alpha value is -1.76. The molecule has 2 unspecified atom stereocenters. The van der Waals surface area contributed by atoms with E-state index < -0.39 is 86.9 Å². The van der Waals surface area contributed by atoms with Gasteiger partial charge in [-0.05, 0) is 35.8 Å². The fourth-order valence-corrected chi connectivity index (χ4v) is 5.74. The fourth-order valence-electron chi connectivity index (χ4n) is 3.69. The van der Waals surface area contributed by atoms with E-state index in [9.17, 15) is 48.5 Å². The Kier molecular flexibility index (Phi) is 11.2. The Morgan fingerprint density at radius 1 is 0.975 bits per heavy atom. The van der Waals surface area contributed by atoms with Crippen molar-refractivity contribution in [2.75, 3.05) is 11.5 Å². The summed E-state index contributed by atoms with van der Waals surface area (Å²) in [5.74, 6) is -10.9. The molecule has 0 bridgehead atoms. The Morgan fingerprint density at radius 3 is 2.00 bits per heavy atom. The maximum atomic E-state index is 15.0. The molecule has 15 heteroatoms. The van der Waals surface area contributed by atoms with Crippen LogP contribution in [0.1, 0.15) is 53.2 Å². The first-order valence-electron chi connectivity index (χ1n) is 11.2. The molecule has 0 aliphatic rings. The lowest BCUT2D eigenvalue weighted by Gasteiger charge is -2.19. The normalized spacial score (nSPS) is 15.6. The number of benzene rings is 2. The monoisotopic (exact) mass is 660 g/mol. The van der Waals surface area contributed by atoms with Crippen LogP contribution in [0.15, 0.2) is 36.4 Å². The minimum absolute atomic E-state index is 0.0355. The van der Waals surface area contributed by atoms with E-state index in [4.69, 9.17) is 34.8 Å². The second-order valence-electron chi connectivity index (χ2n) is 9.14. The first-order chi connectivity index (χ1) is 18.1. The van der Waals surface area contributed by atoms with Crippen LogP contribution in [-0.2, 0) is 17.0 Å². The van der Waals surface area contributed by atoms with Crippen LogP contribution in [0.3, 0.4) is 0 Å². The molecule has 2 rings (SSSR count). The number of alkyl halides is 8. The summed E-state index contributed by atoms with van der Waals surface area (Å²) in [6.07, 6.45) is -10.9. The summed E-state index contributed by atoms with van der Waals surface area (Å²) in [5.41, 5.74) is -4.06. The van der Waals surface area contributed by atoms with Gasteiger partial charge in [0.05, 0.1) is 26.4 Å². The zero-order chi connectivity index (χ0) is 30.8. The van der Waals surface area contributed by atoms with Gasteiger partial charge in [0.25, 0.3) is 5.92 Å². The molecule has 0 heterocycles. The molecule has 0 spiro atoms. The zero-order valence-electron chi connectivity index (χ0n) is 20.5. The largest absolute Gasteiger partial charge is 0.417 e.